The van der Waals surface area contributed by atoms with Crippen molar-refractivity contribution in [3.63, 3.8) is 0 Å². The van der Waals surface area contributed by atoms with Crippen LogP contribution in [0.15, 0.2) is 63.5 Å². The van der Waals surface area contributed by atoms with Gasteiger partial charge in [-0.1, -0.05) is 23.5 Å². The number of methoxy groups -OCH3 is 1. The van der Waals surface area contributed by atoms with Crippen molar-refractivity contribution in [3.8, 4) is 17.2 Å². The fourth-order valence-electron chi connectivity index (χ4n) is 5.72. The number of ether oxygens (including phenoxy) is 4. The van der Waals surface area contributed by atoms with Gasteiger partial charge >= 0.3 is 11.9 Å². The van der Waals surface area contributed by atoms with Crippen molar-refractivity contribution >= 4 is 29.4 Å². The van der Waals surface area contributed by atoms with Crippen LogP contribution in [0.1, 0.15) is 60.5 Å². The maximum Gasteiger partial charge on any atom is 0.343 e. The second-order valence-corrected chi connectivity index (χ2v) is 12.2. The Morgan fingerprint density at radius 1 is 0.936 bits per heavy atom. The van der Waals surface area contributed by atoms with Crippen molar-refractivity contribution in [3.05, 3.63) is 107 Å². The Hall–Kier alpha value is -4.90. The molecule has 0 amide bonds. The van der Waals surface area contributed by atoms with Crippen LogP contribution in [0.3, 0.4) is 0 Å². The molecule has 2 aromatic carbocycles. The Kier molecular flexibility index (Phi) is 9.85. The first-order chi connectivity index (χ1) is 22.5. The van der Waals surface area contributed by atoms with Crippen molar-refractivity contribution in [1.82, 2.24) is 9.13 Å². The number of hydrogen-bond donors (Lipinski definition) is 0. The number of allylic oxidation sites excluding steroid dienone is 1. The molecular weight excluding hydrogens is 618 g/mol. The topological polar surface area (TPSA) is 110 Å². The molecule has 47 heavy (non-hydrogen) atoms. The highest BCUT2D eigenvalue weighted by atomic mass is 32.1. The van der Waals surface area contributed by atoms with Crippen molar-refractivity contribution in [1.29, 1.82) is 0 Å². The zero-order valence-electron chi connectivity index (χ0n) is 27.9. The Morgan fingerprint density at radius 3 is 2.38 bits per heavy atom. The van der Waals surface area contributed by atoms with Gasteiger partial charge in [-0.25, -0.2) is 14.6 Å². The number of aromatic nitrogens is 2. The lowest BCUT2D eigenvalue weighted by Gasteiger charge is -2.25. The SMILES string of the molecule is CCOC(=O)C1=C(C)N=c2s/c(=C\c3cc(C)n(-c4ccc(C)c(C)c4)c3C)c(=O)n2[C@H]1c1ccc(OCC(=O)OC)c(OCC)c1. The molecule has 0 saturated heterocycles. The van der Waals surface area contributed by atoms with E-state index < -0.39 is 18.0 Å². The highest BCUT2D eigenvalue weighted by Crippen LogP contribution is 2.36. The number of aryl methyl sites for hydroxylation is 3. The minimum Gasteiger partial charge on any atom is -0.490 e. The molecule has 1 aliphatic rings. The van der Waals surface area contributed by atoms with E-state index in [1.807, 2.05) is 26.8 Å². The van der Waals surface area contributed by atoms with Crippen molar-refractivity contribution in [2.75, 3.05) is 26.9 Å². The normalized spacial score (nSPS) is 14.5. The molecule has 0 fully saturated rings. The van der Waals surface area contributed by atoms with Crippen molar-refractivity contribution < 1.29 is 28.5 Å². The summed E-state index contributed by atoms with van der Waals surface area (Å²) in [5.41, 5.74) is 7.46. The molecule has 5 rings (SSSR count). The number of fused-ring (bicyclic) bond motifs is 1. The average Bonchev–Trinajstić information content (AvgIpc) is 3.50. The number of benzene rings is 2. The van der Waals surface area contributed by atoms with Gasteiger partial charge in [0.25, 0.3) is 5.56 Å². The number of thiazole rings is 1. The molecule has 1 aliphatic heterocycles. The number of esters is 2. The maximum absolute atomic E-state index is 14.3. The second-order valence-electron chi connectivity index (χ2n) is 11.2. The molecule has 1 atom stereocenters. The van der Waals surface area contributed by atoms with Gasteiger partial charge in [-0.3, -0.25) is 9.36 Å². The average molecular weight is 658 g/mol. The highest BCUT2D eigenvalue weighted by molar-refractivity contribution is 7.07. The number of nitrogens with zero attached hydrogens (tertiary/aromatic N) is 3. The molecule has 0 spiro atoms. The number of hydrogen-bond acceptors (Lipinski definition) is 9. The summed E-state index contributed by atoms with van der Waals surface area (Å²) in [5, 5.41) is 0. The summed E-state index contributed by atoms with van der Waals surface area (Å²) in [4.78, 5) is 44.6. The van der Waals surface area contributed by atoms with E-state index in [-0.39, 0.29) is 24.3 Å². The quantitative estimate of drug-likeness (QED) is 0.226. The Balaban J connectivity index is 1.66. The van der Waals surface area contributed by atoms with Crippen LogP contribution in [0.4, 0.5) is 0 Å². The van der Waals surface area contributed by atoms with E-state index >= 15 is 0 Å². The molecule has 0 radical (unpaired) electrons. The van der Waals surface area contributed by atoms with Gasteiger partial charge in [0.1, 0.15) is 0 Å². The number of rotatable bonds is 10. The number of carbonyl (C=O) groups excluding carboxylic acids is 2. The monoisotopic (exact) mass is 657 g/mol. The lowest BCUT2D eigenvalue weighted by molar-refractivity contribution is -0.143. The lowest BCUT2D eigenvalue weighted by Crippen LogP contribution is -2.40. The van der Waals surface area contributed by atoms with Gasteiger partial charge in [0, 0.05) is 17.1 Å². The van der Waals surface area contributed by atoms with Crippen LogP contribution in [0.5, 0.6) is 11.5 Å². The van der Waals surface area contributed by atoms with Gasteiger partial charge in [-0.15, -0.1) is 0 Å². The first-order valence-corrected chi connectivity index (χ1v) is 16.2. The van der Waals surface area contributed by atoms with Gasteiger partial charge in [0.2, 0.25) is 0 Å². The minimum atomic E-state index is -0.843. The van der Waals surface area contributed by atoms with Gasteiger partial charge in [-0.2, -0.15) is 0 Å². The van der Waals surface area contributed by atoms with Crippen LogP contribution in [0, 0.1) is 27.7 Å². The molecule has 0 aliphatic carbocycles. The molecule has 4 aromatic rings. The Morgan fingerprint density at radius 2 is 1.70 bits per heavy atom. The lowest BCUT2D eigenvalue weighted by atomic mass is 9.95. The molecule has 0 bridgehead atoms. The summed E-state index contributed by atoms with van der Waals surface area (Å²) < 4.78 is 25.9. The van der Waals surface area contributed by atoms with Gasteiger partial charge in [-0.05, 0) is 107 Å². The molecule has 0 N–H and O–H groups in total. The molecule has 11 heteroatoms. The van der Waals surface area contributed by atoms with Gasteiger partial charge in [0.15, 0.2) is 22.9 Å². The van der Waals surface area contributed by atoms with E-state index in [1.165, 1.54) is 34.1 Å². The van der Waals surface area contributed by atoms with E-state index in [0.29, 0.717) is 38.7 Å². The minimum absolute atomic E-state index is 0.160. The van der Waals surface area contributed by atoms with E-state index in [2.05, 4.69) is 42.7 Å². The fraction of sp³-hybridized carbons (Fsp3) is 0.333. The van der Waals surface area contributed by atoms with Crippen molar-refractivity contribution in [2.24, 2.45) is 4.99 Å². The van der Waals surface area contributed by atoms with Crippen LogP contribution in [-0.4, -0.2) is 48.0 Å². The molecule has 246 valence electrons. The number of carbonyl (C=O) groups is 2. The Bertz CT molecular complexity index is 2080. The van der Waals surface area contributed by atoms with Crippen LogP contribution in [-0.2, 0) is 19.1 Å². The zero-order chi connectivity index (χ0) is 34.0. The second kappa shape index (κ2) is 13.8. The smallest absolute Gasteiger partial charge is 0.343 e. The predicted molar refractivity (Wildman–Crippen MR) is 180 cm³/mol. The first kappa shape index (κ1) is 33.5. The molecule has 3 heterocycles. The van der Waals surface area contributed by atoms with E-state index in [1.54, 1.807) is 32.0 Å². The maximum atomic E-state index is 14.3. The largest absolute Gasteiger partial charge is 0.490 e. The van der Waals surface area contributed by atoms with Crippen LogP contribution >= 0.6 is 11.3 Å². The predicted octanol–water partition coefficient (Wildman–Crippen LogP) is 4.77. The van der Waals surface area contributed by atoms with Gasteiger partial charge < -0.3 is 23.5 Å². The third-order valence-electron chi connectivity index (χ3n) is 8.18. The molecular formula is C36H39N3O7S. The zero-order valence-corrected chi connectivity index (χ0v) is 28.7. The van der Waals surface area contributed by atoms with Crippen LogP contribution in [0.25, 0.3) is 11.8 Å². The summed E-state index contributed by atoms with van der Waals surface area (Å²) in [7, 11) is 1.28. The summed E-state index contributed by atoms with van der Waals surface area (Å²) in [6.45, 7) is 13.7. The summed E-state index contributed by atoms with van der Waals surface area (Å²) in [6, 6.07) is 12.7. The summed E-state index contributed by atoms with van der Waals surface area (Å²) in [5.74, 6) is -0.422. The molecule has 10 nitrogen and oxygen atoms in total. The van der Waals surface area contributed by atoms with E-state index in [0.717, 1.165) is 22.6 Å². The molecule has 0 saturated carbocycles. The van der Waals surface area contributed by atoms with Crippen LogP contribution in [0.2, 0.25) is 0 Å². The standard InChI is InChI=1S/C36H39N3O7S/c1-9-44-29-17-25(12-14-28(29)46-19-31(40)43-8)33-32(35(42)45-10-2)23(6)37-36-39(33)34(41)30(47-36)18-26-16-22(5)38(24(26)7)27-13-11-20(3)21(4)15-27/h11-18,33H,9-10,19H2,1-8H3/b30-18-/t33-/m0/s1. The summed E-state index contributed by atoms with van der Waals surface area (Å²) >= 11 is 1.27. The third-order valence-corrected chi connectivity index (χ3v) is 9.16. The third kappa shape index (κ3) is 6.53. The first-order valence-electron chi connectivity index (χ1n) is 15.4. The molecule has 2 aromatic heterocycles. The molecule has 0 unspecified atom stereocenters. The van der Waals surface area contributed by atoms with Gasteiger partial charge in [0.05, 0.1) is 42.2 Å². The summed E-state index contributed by atoms with van der Waals surface area (Å²) in [6.07, 6.45) is 1.89. The Labute approximate surface area is 277 Å². The van der Waals surface area contributed by atoms with E-state index in [9.17, 15) is 14.4 Å². The fourth-order valence-corrected chi connectivity index (χ4v) is 6.76. The highest BCUT2D eigenvalue weighted by Gasteiger charge is 2.34. The van der Waals surface area contributed by atoms with Crippen LogP contribution < -0.4 is 24.4 Å². The van der Waals surface area contributed by atoms with E-state index in [4.69, 9.17) is 23.9 Å². The van der Waals surface area contributed by atoms with Crippen molar-refractivity contribution in [2.45, 2.75) is 54.5 Å².